The average molecular weight is 717 g/mol. The minimum absolute atomic E-state index is 0.00473. The summed E-state index contributed by atoms with van der Waals surface area (Å²) < 4.78 is 13.2. The molecule has 5 N–H and O–H groups in total. The predicted octanol–water partition coefficient (Wildman–Crippen LogP) is 7.98. The lowest BCUT2D eigenvalue weighted by atomic mass is 9.99. The molecule has 3 atom stereocenters. The number of nitrogens with one attached hydrogen (secondary N) is 2. The molecule has 1 fully saturated rings. The molecule has 1 aliphatic heterocycles. The summed E-state index contributed by atoms with van der Waals surface area (Å²) >= 11 is 1.67. The number of rotatable bonds is 15. The number of carbonyl (C=O) groups excluding carboxylic acids is 2. The van der Waals surface area contributed by atoms with Gasteiger partial charge in [0.05, 0.1) is 35.2 Å². The van der Waals surface area contributed by atoms with Crippen molar-refractivity contribution in [3.8, 4) is 11.1 Å². The van der Waals surface area contributed by atoms with E-state index in [1.807, 2.05) is 78.9 Å². The first-order chi connectivity index (χ1) is 25.4. The average Bonchev–Trinajstić information content (AvgIpc) is 3.19. The highest BCUT2D eigenvalue weighted by Gasteiger charge is 2.32. The van der Waals surface area contributed by atoms with Gasteiger partial charge in [-0.2, -0.15) is 0 Å². The molecule has 0 spiro atoms. The largest absolute Gasteiger partial charge is 0.397 e. The van der Waals surface area contributed by atoms with Crippen molar-refractivity contribution in [1.29, 1.82) is 0 Å². The van der Waals surface area contributed by atoms with E-state index in [0.29, 0.717) is 50.0 Å². The number of unbranched alkanes of at least 4 members (excludes halogenated alkanes) is 1. The van der Waals surface area contributed by atoms with E-state index < -0.39 is 6.29 Å². The molecule has 5 aromatic rings. The summed E-state index contributed by atoms with van der Waals surface area (Å²) in [4.78, 5) is 29.3. The van der Waals surface area contributed by atoms with Crippen LogP contribution >= 0.6 is 11.8 Å². The van der Waals surface area contributed by atoms with Crippen LogP contribution in [0.5, 0.6) is 0 Å². The number of carbonyl (C=O) groups is 2. The zero-order chi connectivity index (χ0) is 36.1. The van der Waals surface area contributed by atoms with Crippen LogP contribution in [0, 0.1) is 0 Å². The molecule has 1 aliphatic rings. The van der Waals surface area contributed by atoms with E-state index >= 15 is 0 Å². The van der Waals surface area contributed by atoms with Gasteiger partial charge in [-0.1, -0.05) is 78.9 Å². The molecule has 6 rings (SSSR count). The normalized spacial score (nSPS) is 17.0. The van der Waals surface area contributed by atoms with Gasteiger partial charge in [0.15, 0.2) is 6.29 Å². The first-order valence-corrected chi connectivity index (χ1v) is 18.6. The van der Waals surface area contributed by atoms with Crippen LogP contribution in [0.3, 0.4) is 0 Å². The van der Waals surface area contributed by atoms with Gasteiger partial charge in [0.1, 0.15) is 0 Å². The van der Waals surface area contributed by atoms with E-state index in [1.165, 1.54) is 0 Å². The third kappa shape index (κ3) is 10.5. The summed E-state index contributed by atoms with van der Waals surface area (Å²) in [5.74, 6) is 0.561. The molecule has 10 heteroatoms. The zero-order valence-corrected chi connectivity index (χ0v) is 29.8. The van der Waals surface area contributed by atoms with Crippen LogP contribution in [-0.2, 0) is 32.2 Å². The third-order valence-corrected chi connectivity index (χ3v) is 9.95. The Morgan fingerprint density at radius 2 is 1.54 bits per heavy atom. The Morgan fingerprint density at radius 1 is 0.788 bits per heavy atom. The second kappa shape index (κ2) is 18.5. The van der Waals surface area contributed by atoms with Crippen LogP contribution in [0.4, 0.5) is 11.4 Å². The fourth-order valence-corrected chi connectivity index (χ4v) is 6.92. The highest BCUT2D eigenvalue weighted by atomic mass is 32.2. The Hall–Kier alpha value is -5.00. The van der Waals surface area contributed by atoms with Crippen LogP contribution in [0.25, 0.3) is 11.1 Å². The van der Waals surface area contributed by atoms with Crippen LogP contribution in [0.15, 0.2) is 126 Å². The standard InChI is InChI=1S/C42H44N4O5S/c43-36-13-1-2-14-37(36)46-40(49)16-4-3-15-39(48)45-26-30-9-7-10-32(23-30)33-11-8-12-34(24-33)42-50-35(28-52-41-17-5-6-22-44-41)25-38(51-42)31-20-18-29(27-47)19-21-31/h1-2,5-14,17-24,35,38,42,47H,3-4,15-16,25-28,43H2,(H,45,48)(H,46,49)/t35-,38+,42+/m1/s1. The molecule has 2 amide bonds. The fraction of sp³-hybridized carbons (Fsp3) is 0.262. The van der Waals surface area contributed by atoms with Crippen LogP contribution in [0.1, 0.15) is 66.8 Å². The Balaban J connectivity index is 1.05. The lowest BCUT2D eigenvalue weighted by Crippen LogP contribution is -2.31. The minimum atomic E-state index is -0.574. The Morgan fingerprint density at radius 3 is 2.31 bits per heavy atom. The number of hydrogen-bond donors (Lipinski definition) is 4. The van der Waals surface area contributed by atoms with E-state index in [-0.39, 0.29) is 30.6 Å². The number of ether oxygens (including phenoxy) is 2. The van der Waals surface area contributed by atoms with Gasteiger partial charge in [0.2, 0.25) is 11.8 Å². The molecule has 9 nitrogen and oxygen atoms in total. The van der Waals surface area contributed by atoms with Crippen molar-refractivity contribution in [1.82, 2.24) is 10.3 Å². The summed E-state index contributed by atoms with van der Waals surface area (Å²) in [6.45, 7) is 0.399. The fourth-order valence-electron chi connectivity index (χ4n) is 6.04. The maximum Gasteiger partial charge on any atom is 0.224 e. The number of anilines is 2. The number of hydrogen-bond acceptors (Lipinski definition) is 8. The first kappa shape index (κ1) is 36.8. The molecule has 268 valence electrons. The molecule has 0 bridgehead atoms. The third-order valence-electron chi connectivity index (χ3n) is 8.87. The van der Waals surface area contributed by atoms with Gasteiger partial charge in [0, 0.05) is 43.3 Å². The van der Waals surface area contributed by atoms with E-state index in [4.69, 9.17) is 15.2 Å². The SMILES string of the molecule is Nc1ccccc1NC(=O)CCCCC(=O)NCc1cccc(-c2cccc([C@H]3O[C@@H](CSc4ccccn4)C[C@@H](c4ccc(CO)cc4)O3)c2)c1. The molecule has 0 saturated carbocycles. The Kier molecular flexibility index (Phi) is 13.1. The number of thioether (sulfide) groups is 1. The maximum atomic E-state index is 12.6. The molecule has 0 radical (unpaired) electrons. The highest BCUT2D eigenvalue weighted by molar-refractivity contribution is 7.99. The van der Waals surface area contributed by atoms with E-state index in [1.54, 1.807) is 30.1 Å². The minimum Gasteiger partial charge on any atom is -0.397 e. The van der Waals surface area contributed by atoms with E-state index in [2.05, 4.69) is 39.9 Å². The monoisotopic (exact) mass is 716 g/mol. The second-order valence-electron chi connectivity index (χ2n) is 12.8. The number of aromatic nitrogens is 1. The summed E-state index contributed by atoms with van der Waals surface area (Å²) in [6, 6.07) is 37.3. The van der Waals surface area contributed by atoms with Crippen LogP contribution in [-0.4, -0.2) is 33.8 Å². The number of aliphatic hydroxyl groups excluding tert-OH is 1. The summed E-state index contributed by atoms with van der Waals surface area (Å²) in [7, 11) is 0. The first-order valence-electron chi connectivity index (χ1n) is 17.6. The van der Waals surface area contributed by atoms with Gasteiger partial charge < -0.3 is 30.9 Å². The van der Waals surface area contributed by atoms with Crippen molar-refractivity contribution < 1.29 is 24.2 Å². The van der Waals surface area contributed by atoms with Gasteiger partial charge in [-0.3, -0.25) is 9.59 Å². The van der Waals surface area contributed by atoms with Crippen molar-refractivity contribution in [2.45, 2.75) is 68.8 Å². The van der Waals surface area contributed by atoms with E-state index in [9.17, 15) is 14.7 Å². The molecular formula is C42H44N4O5S. The van der Waals surface area contributed by atoms with Gasteiger partial charge in [-0.25, -0.2) is 4.98 Å². The smallest absolute Gasteiger partial charge is 0.224 e. The van der Waals surface area contributed by atoms with Gasteiger partial charge >= 0.3 is 0 Å². The van der Waals surface area contributed by atoms with Crippen molar-refractivity contribution in [2.24, 2.45) is 0 Å². The van der Waals surface area contributed by atoms with Crippen molar-refractivity contribution in [2.75, 3.05) is 16.8 Å². The zero-order valence-electron chi connectivity index (χ0n) is 28.9. The Labute approximate surface area is 309 Å². The second-order valence-corrected chi connectivity index (χ2v) is 13.8. The number of pyridine rings is 1. The molecule has 52 heavy (non-hydrogen) atoms. The molecule has 1 aromatic heterocycles. The van der Waals surface area contributed by atoms with Gasteiger partial charge in [0.25, 0.3) is 0 Å². The lowest BCUT2D eigenvalue weighted by Gasteiger charge is -2.36. The van der Waals surface area contributed by atoms with Gasteiger partial charge in [-0.05, 0) is 77.1 Å². The van der Waals surface area contributed by atoms with Crippen LogP contribution < -0.4 is 16.4 Å². The summed E-state index contributed by atoms with van der Waals surface area (Å²) in [5, 5.41) is 16.3. The topological polar surface area (TPSA) is 136 Å². The summed E-state index contributed by atoms with van der Waals surface area (Å²) in [5.41, 5.74) is 12.9. The lowest BCUT2D eigenvalue weighted by molar-refractivity contribution is -0.245. The number of benzene rings is 4. The highest BCUT2D eigenvalue weighted by Crippen LogP contribution is 2.40. The molecule has 0 unspecified atom stereocenters. The molecular weight excluding hydrogens is 673 g/mol. The number of para-hydroxylation sites is 2. The van der Waals surface area contributed by atoms with Crippen molar-refractivity contribution in [3.63, 3.8) is 0 Å². The molecule has 2 heterocycles. The molecule has 1 saturated heterocycles. The number of nitrogen functional groups attached to an aromatic ring is 1. The maximum absolute atomic E-state index is 12.6. The summed E-state index contributed by atoms with van der Waals surface area (Å²) in [6.07, 6.45) is 3.55. The van der Waals surface area contributed by atoms with E-state index in [0.717, 1.165) is 44.2 Å². The number of nitrogens with two attached hydrogens (primary N) is 1. The molecule has 4 aromatic carbocycles. The molecule has 0 aliphatic carbocycles. The number of nitrogens with zero attached hydrogens (tertiary/aromatic N) is 1. The Bertz CT molecular complexity index is 1920. The van der Waals surface area contributed by atoms with Crippen molar-refractivity contribution >= 4 is 35.0 Å². The van der Waals surface area contributed by atoms with Crippen LogP contribution in [0.2, 0.25) is 0 Å². The predicted molar refractivity (Wildman–Crippen MR) is 205 cm³/mol. The quantitative estimate of drug-likeness (QED) is 0.0487. The van der Waals surface area contributed by atoms with Crippen molar-refractivity contribution in [3.05, 3.63) is 144 Å². The number of amides is 2. The number of aliphatic hydroxyl groups is 1. The van der Waals surface area contributed by atoms with Gasteiger partial charge in [-0.15, -0.1) is 11.8 Å².